The predicted octanol–water partition coefficient (Wildman–Crippen LogP) is 1.77. The molecule has 2 rings (SSSR count). The Morgan fingerprint density at radius 1 is 1.05 bits per heavy atom. The van der Waals surface area contributed by atoms with E-state index in [1.165, 1.54) is 0 Å². The second-order valence-corrected chi connectivity index (χ2v) is 7.73. The van der Waals surface area contributed by atoms with Gasteiger partial charge in [0.05, 0.1) is 0 Å². The third-order valence-corrected chi connectivity index (χ3v) is 7.16. The van der Waals surface area contributed by atoms with Crippen LogP contribution in [0.1, 0.15) is 13.3 Å². The van der Waals surface area contributed by atoms with Crippen LogP contribution in [0.2, 0.25) is 0 Å². The van der Waals surface area contributed by atoms with Gasteiger partial charge < -0.3 is 4.57 Å². The van der Waals surface area contributed by atoms with E-state index in [1.54, 1.807) is 24.3 Å². The Kier molecular flexibility index (Phi) is 4.94. The number of nitrogens with two attached hydrogens (primary N) is 1. The normalized spacial score (nSPS) is 12.7. The summed E-state index contributed by atoms with van der Waals surface area (Å²) in [4.78, 5) is 12.1. The molecular weight excluding hydrogens is 283 g/mol. The molecule has 0 fully saturated rings. The zero-order valence-electron chi connectivity index (χ0n) is 11.9. The number of hydrogen-bond donors (Lipinski definition) is 2. The molecule has 0 spiro atoms. The quantitative estimate of drug-likeness (QED) is 0.383. The largest absolute Gasteiger partial charge is 0.313 e. The molecule has 0 radical (unpaired) electrons. The minimum Gasteiger partial charge on any atom is -0.313 e. The fourth-order valence-electron chi connectivity index (χ4n) is 2.51. The van der Waals surface area contributed by atoms with E-state index in [4.69, 9.17) is 5.84 Å². The van der Waals surface area contributed by atoms with Crippen LogP contribution in [0.15, 0.2) is 60.7 Å². The lowest BCUT2D eigenvalue weighted by Crippen LogP contribution is -2.42. The number of nitrogens with one attached hydrogen (secondary N) is 1. The first kappa shape index (κ1) is 15.5. The highest BCUT2D eigenvalue weighted by atomic mass is 31.2. The molecule has 1 unspecified atom stereocenters. The lowest BCUT2D eigenvalue weighted by atomic mass is 10.3. The standard InChI is InChI=1S/C16H19N2O2P/c1-2-15(16(19)18-17)21(20,13-9-5-3-6-10-13)14-11-7-4-8-12-14/h3-12,15H,2,17H2,1H3,(H,18,19). The Labute approximate surface area is 124 Å². The van der Waals surface area contributed by atoms with E-state index in [0.717, 1.165) is 0 Å². The maximum absolute atomic E-state index is 13.8. The van der Waals surface area contributed by atoms with Crippen LogP contribution in [0.5, 0.6) is 0 Å². The monoisotopic (exact) mass is 302 g/mol. The van der Waals surface area contributed by atoms with Crippen LogP contribution in [-0.4, -0.2) is 11.6 Å². The molecule has 0 aliphatic rings. The molecule has 0 bridgehead atoms. The van der Waals surface area contributed by atoms with Gasteiger partial charge in [0, 0.05) is 10.6 Å². The molecule has 3 N–H and O–H groups in total. The van der Waals surface area contributed by atoms with Crippen molar-refractivity contribution in [1.29, 1.82) is 0 Å². The zero-order valence-corrected chi connectivity index (χ0v) is 12.8. The molecule has 0 heterocycles. The van der Waals surface area contributed by atoms with Gasteiger partial charge in [-0.3, -0.25) is 10.2 Å². The first-order valence-electron chi connectivity index (χ1n) is 6.86. The van der Waals surface area contributed by atoms with Crippen molar-refractivity contribution in [2.45, 2.75) is 19.0 Å². The van der Waals surface area contributed by atoms with Crippen molar-refractivity contribution in [3.05, 3.63) is 60.7 Å². The Morgan fingerprint density at radius 2 is 1.48 bits per heavy atom. The summed E-state index contributed by atoms with van der Waals surface area (Å²) in [5.74, 6) is 4.89. The second kappa shape index (κ2) is 6.70. The highest BCUT2D eigenvalue weighted by molar-refractivity contribution is 7.80. The van der Waals surface area contributed by atoms with Crippen molar-refractivity contribution in [1.82, 2.24) is 5.43 Å². The molecule has 0 aliphatic heterocycles. The summed E-state index contributed by atoms with van der Waals surface area (Å²) in [6.07, 6.45) is 0.449. The van der Waals surface area contributed by atoms with Gasteiger partial charge in [-0.1, -0.05) is 67.6 Å². The number of hydrogen-bond acceptors (Lipinski definition) is 3. The van der Waals surface area contributed by atoms with Crippen LogP contribution in [0.3, 0.4) is 0 Å². The third kappa shape index (κ3) is 2.92. The maximum Gasteiger partial charge on any atom is 0.245 e. The molecule has 0 aromatic heterocycles. The minimum atomic E-state index is -3.10. The minimum absolute atomic E-state index is 0.395. The van der Waals surface area contributed by atoms with Crippen molar-refractivity contribution in [2.24, 2.45) is 5.84 Å². The fraction of sp³-hybridized carbons (Fsp3) is 0.188. The number of benzene rings is 2. The molecule has 5 heteroatoms. The van der Waals surface area contributed by atoms with Gasteiger partial charge in [-0.25, -0.2) is 5.84 Å². The van der Waals surface area contributed by atoms with Gasteiger partial charge in [-0.15, -0.1) is 0 Å². The molecule has 1 amide bonds. The Morgan fingerprint density at radius 3 is 1.81 bits per heavy atom. The van der Waals surface area contributed by atoms with Crippen molar-refractivity contribution < 1.29 is 9.36 Å². The summed E-state index contributed by atoms with van der Waals surface area (Å²) in [6, 6.07) is 18.3. The zero-order chi connectivity index (χ0) is 15.3. The second-order valence-electron chi connectivity index (χ2n) is 4.76. The molecule has 0 aliphatic carbocycles. The highest BCUT2D eigenvalue weighted by Gasteiger charge is 2.39. The van der Waals surface area contributed by atoms with Crippen LogP contribution in [0.25, 0.3) is 0 Å². The molecule has 1 atom stereocenters. The van der Waals surface area contributed by atoms with Crippen molar-refractivity contribution in [3.8, 4) is 0 Å². The smallest absolute Gasteiger partial charge is 0.245 e. The number of amides is 1. The van der Waals surface area contributed by atoms with Crippen LogP contribution in [0.4, 0.5) is 0 Å². The summed E-state index contributed by atoms with van der Waals surface area (Å²) in [6.45, 7) is 1.85. The van der Waals surface area contributed by atoms with E-state index in [0.29, 0.717) is 17.0 Å². The van der Waals surface area contributed by atoms with Gasteiger partial charge in [-0.05, 0) is 6.42 Å². The Bertz CT molecular complexity index is 600. The number of carbonyl (C=O) groups excluding carboxylic acids is 1. The molecule has 0 saturated carbocycles. The average Bonchev–Trinajstić information content (AvgIpc) is 2.56. The molecule has 21 heavy (non-hydrogen) atoms. The Balaban J connectivity index is 2.65. The molecule has 4 nitrogen and oxygen atoms in total. The van der Waals surface area contributed by atoms with Gasteiger partial charge in [0.25, 0.3) is 0 Å². The average molecular weight is 302 g/mol. The van der Waals surface area contributed by atoms with E-state index in [-0.39, 0.29) is 0 Å². The number of carbonyl (C=O) groups is 1. The van der Waals surface area contributed by atoms with E-state index < -0.39 is 18.7 Å². The van der Waals surface area contributed by atoms with Crippen molar-refractivity contribution in [2.75, 3.05) is 0 Å². The van der Waals surface area contributed by atoms with E-state index >= 15 is 0 Å². The Hall–Kier alpha value is -1.90. The van der Waals surface area contributed by atoms with Crippen LogP contribution in [0, 0.1) is 0 Å². The first-order chi connectivity index (χ1) is 10.1. The first-order valence-corrected chi connectivity index (χ1v) is 8.63. The third-order valence-electron chi connectivity index (χ3n) is 3.55. The summed E-state index contributed by atoms with van der Waals surface area (Å²) in [5, 5.41) is 1.35. The van der Waals surface area contributed by atoms with Crippen LogP contribution in [-0.2, 0) is 9.36 Å². The van der Waals surface area contributed by atoms with E-state index in [2.05, 4.69) is 5.43 Å². The van der Waals surface area contributed by atoms with Gasteiger partial charge in [-0.2, -0.15) is 0 Å². The van der Waals surface area contributed by atoms with Crippen LogP contribution < -0.4 is 21.9 Å². The SMILES string of the molecule is CCC(C(=O)NN)P(=O)(c1ccccc1)c1ccccc1. The van der Waals surface area contributed by atoms with Crippen molar-refractivity contribution in [3.63, 3.8) is 0 Å². The summed E-state index contributed by atoms with van der Waals surface area (Å²) < 4.78 is 13.8. The lowest BCUT2D eigenvalue weighted by Gasteiger charge is -2.26. The van der Waals surface area contributed by atoms with Gasteiger partial charge in [0.2, 0.25) is 5.91 Å². The van der Waals surface area contributed by atoms with Gasteiger partial charge in [0.1, 0.15) is 5.66 Å². The molecule has 110 valence electrons. The van der Waals surface area contributed by atoms with Crippen molar-refractivity contribution >= 4 is 23.7 Å². The predicted molar refractivity (Wildman–Crippen MR) is 86.2 cm³/mol. The molecular formula is C16H19N2O2P. The van der Waals surface area contributed by atoms with E-state index in [1.807, 2.05) is 43.3 Å². The molecule has 2 aromatic rings. The number of rotatable bonds is 5. The summed E-state index contributed by atoms with van der Waals surface area (Å²) >= 11 is 0. The van der Waals surface area contributed by atoms with Gasteiger partial charge in [0.15, 0.2) is 7.14 Å². The highest BCUT2D eigenvalue weighted by Crippen LogP contribution is 2.49. The van der Waals surface area contributed by atoms with Gasteiger partial charge >= 0.3 is 0 Å². The fourth-order valence-corrected chi connectivity index (χ4v) is 5.68. The molecule has 2 aromatic carbocycles. The topological polar surface area (TPSA) is 72.2 Å². The maximum atomic E-state index is 13.8. The summed E-state index contributed by atoms with van der Waals surface area (Å²) in [7, 11) is -3.10. The van der Waals surface area contributed by atoms with E-state index in [9.17, 15) is 9.36 Å². The lowest BCUT2D eigenvalue weighted by molar-refractivity contribution is -0.120. The summed E-state index contributed by atoms with van der Waals surface area (Å²) in [5.41, 5.74) is 1.48. The number of hydrazine groups is 1. The molecule has 0 saturated heterocycles. The van der Waals surface area contributed by atoms with Crippen LogP contribution >= 0.6 is 7.14 Å².